The molecule has 0 saturated carbocycles. The molecule has 1 rings (SSSR count). The zero-order valence-electron chi connectivity index (χ0n) is 13.7. The first-order valence-corrected chi connectivity index (χ1v) is 7.36. The lowest BCUT2D eigenvalue weighted by molar-refractivity contribution is 0.326. The molecule has 1 aromatic rings. The van der Waals surface area contributed by atoms with E-state index in [2.05, 4.69) is 39.1 Å². The zero-order chi connectivity index (χ0) is 15.2. The summed E-state index contributed by atoms with van der Waals surface area (Å²) >= 11 is 0. The van der Waals surface area contributed by atoms with Gasteiger partial charge in [0.05, 0.1) is 14.2 Å². The predicted octanol–water partition coefficient (Wildman–Crippen LogP) is 4.18. The van der Waals surface area contributed by atoms with Crippen LogP contribution >= 0.6 is 0 Å². The van der Waals surface area contributed by atoms with Crippen LogP contribution in [0.2, 0.25) is 0 Å². The van der Waals surface area contributed by atoms with Crippen molar-refractivity contribution in [3.63, 3.8) is 0 Å². The molecule has 1 unspecified atom stereocenters. The van der Waals surface area contributed by atoms with E-state index in [1.807, 2.05) is 12.1 Å². The van der Waals surface area contributed by atoms with Gasteiger partial charge in [0.25, 0.3) is 0 Å². The van der Waals surface area contributed by atoms with Gasteiger partial charge in [0.15, 0.2) is 0 Å². The van der Waals surface area contributed by atoms with Crippen molar-refractivity contribution in [3.8, 4) is 11.5 Å². The maximum atomic E-state index is 5.51. The Morgan fingerprint density at radius 1 is 1.15 bits per heavy atom. The lowest BCUT2D eigenvalue weighted by Crippen LogP contribution is -2.23. The first-order chi connectivity index (χ1) is 9.41. The first kappa shape index (κ1) is 16.8. The second kappa shape index (κ2) is 7.53. The van der Waals surface area contributed by atoms with Crippen LogP contribution in [-0.2, 0) is 0 Å². The van der Waals surface area contributed by atoms with Crippen molar-refractivity contribution in [2.75, 3.05) is 20.8 Å². The summed E-state index contributed by atoms with van der Waals surface area (Å²) in [5, 5.41) is 3.56. The molecule has 0 aliphatic rings. The summed E-state index contributed by atoms with van der Waals surface area (Å²) in [6, 6.07) is 6.30. The number of hydrogen-bond acceptors (Lipinski definition) is 3. The fraction of sp³-hybridized carbons (Fsp3) is 0.647. The standard InChI is InChI=1S/C17H29NO2/c1-7-18-15(10-11-17(2,3)4)14-12-13(19-5)8-9-16(14)20-6/h8-9,12,15,18H,7,10-11H2,1-6H3. The molecule has 0 aliphatic carbocycles. The number of nitrogens with one attached hydrogen (secondary N) is 1. The van der Waals surface area contributed by atoms with Crippen LogP contribution in [0.5, 0.6) is 11.5 Å². The van der Waals surface area contributed by atoms with Crippen molar-refractivity contribution in [3.05, 3.63) is 23.8 Å². The Morgan fingerprint density at radius 3 is 2.35 bits per heavy atom. The van der Waals surface area contributed by atoms with Gasteiger partial charge in [-0.25, -0.2) is 0 Å². The minimum atomic E-state index is 0.296. The van der Waals surface area contributed by atoms with Crippen molar-refractivity contribution >= 4 is 0 Å². The Morgan fingerprint density at radius 2 is 1.85 bits per heavy atom. The zero-order valence-corrected chi connectivity index (χ0v) is 13.7. The molecule has 0 aromatic heterocycles. The molecular formula is C17H29NO2. The largest absolute Gasteiger partial charge is 0.497 e. The van der Waals surface area contributed by atoms with Crippen LogP contribution in [0.1, 0.15) is 52.1 Å². The van der Waals surface area contributed by atoms with E-state index < -0.39 is 0 Å². The number of benzene rings is 1. The maximum Gasteiger partial charge on any atom is 0.123 e. The van der Waals surface area contributed by atoms with Crippen LogP contribution in [-0.4, -0.2) is 20.8 Å². The summed E-state index contributed by atoms with van der Waals surface area (Å²) in [5.74, 6) is 1.80. The fourth-order valence-electron chi connectivity index (χ4n) is 2.30. The minimum absolute atomic E-state index is 0.296. The third kappa shape index (κ3) is 5.04. The molecule has 1 N–H and O–H groups in total. The average molecular weight is 279 g/mol. The first-order valence-electron chi connectivity index (χ1n) is 7.36. The smallest absolute Gasteiger partial charge is 0.123 e. The predicted molar refractivity (Wildman–Crippen MR) is 84.7 cm³/mol. The fourth-order valence-corrected chi connectivity index (χ4v) is 2.30. The molecule has 0 aliphatic heterocycles. The average Bonchev–Trinajstić information content (AvgIpc) is 2.41. The van der Waals surface area contributed by atoms with Gasteiger partial charge in [-0.3, -0.25) is 0 Å². The van der Waals surface area contributed by atoms with Crippen molar-refractivity contribution in [1.29, 1.82) is 0 Å². The molecule has 0 saturated heterocycles. The van der Waals surface area contributed by atoms with Crippen LogP contribution in [0.15, 0.2) is 18.2 Å². The Bertz CT molecular complexity index is 410. The summed E-state index contributed by atoms with van der Waals surface area (Å²) in [7, 11) is 3.42. The number of hydrogen-bond donors (Lipinski definition) is 1. The highest BCUT2D eigenvalue weighted by Gasteiger charge is 2.19. The number of methoxy groups -OCH3 is 2. The van der Waals surface area contributed by atoms with Crippen molar-refractivity contribution in [1.82, 2.24) is 5.32 Å². The summed E-state index contributed by atoms with van der Waals surface area (Å²) < 4.78 is 10.9. The van der Waals surface area contributed by atoms with Gasteiger partial charge in [-0.15, -0.1) is 0 Å². The van der Waals surface area contributed by atoms with E-state index in [-0.39, 0.29) is 0 Å². The topological polar surface area (TPSA) is 30.5 Å². The molecule has 0 radical (unpaired) electrons. The second-order valence-electron chi connectivity index (χ2n) is 6.32. The van der Waals surface area contributed by atoms with E-state index in [0.29, 0.717) is 11.5 Å². The van der Waals surface area contributed by atoms with E-state index in [0.717, 1.165) is 30.9 Å². The van der Waals surface area contributed by atoms with E-state index in [1.165, 1.54) is 5.56 Å². The molecule has 0 spiro atoms. The van der Waals surface area contributed by atoms with Crippen LogP contribution < -0.4 is 14.8 Å². The third-order valence-corrected chi connectivity index (χ3v) is 3.45. The van der Waals surface area contributed by atoms with Crippen LogP contribution in [0.25, 0.3) is 0 Å². The second-order valence-corrected chi connectivity index (χ2v) is 6.32. The Kier molecular flexibility index (Phi) is 6.34. The van der Waals surface area contributed by atoms with Gasteiger partial charge in [-0.05, 0) is 43.0 Å². The quantitative estimate of drug-likeness (QED) is 0.812. The highest BCUT2D eigenvalue weighted by atomic mass is 16.5. The number of ether oxygens (including phenoxy) is 2. The molecule has 114 valence electrons. The molecule has 3 heteroatoms. The monoisotopic (exact) mass is 279 g/mol. The van der Waals surface area contributed by atoms with E-state index in [1.54, 1.807) is 14.2 Å². The maximum absolute atomic E-state index is 5.51. The van der Waals surface area contributed by atoms with Gasteiger partial charge >= 0.3 is 0 Å². The molecule has 3 nitrogen and oxygen atoms in total. The SMILES string of the molecule is CCNC(CCC(C)(C)C)c1cc(OC)ccc1OC. The lowest BCUT2D eigenvalue weighted by atomic mass is 9.87. The van der Waals surface area contributed by atoms with E-state index in [4.69, 9.17) is 9.47 Å². The Hall–Kier alpha value is -1.22. The summed E-state index contributed by atoms with van der Waals surface area (Å²) in [5.41, 5.74) is 1.51. The number of rotatable bonds is 7. The van der Waals surface area contributed by atoms with Gasteiger partial charge in [-0.2, -0.15) is 0 Å². The molecule has 0 heterocycles. The third-order valence-electron chi connectivity index (χ3n) is 3.45. The van der Waals surface area contributed by atoms with Crippen molar-refractivity contribution in [2.45, 2.75) is 46.6 Å². The summed E-state index contributed by atoms with van der Waals surface area (Å²) in [6.07, 6.45) is 2.24. The van der Waals surface area contributed by atoms with Crippen molar-refractivity contribution < 1.29 is 9.47 Å². The van der Waals surface area contributed by atoms with Crippen molar-refractivity contribution in [2.24, 2.45) is 5.41 Å². The van der Waals surface area contributed by atoms with Gasteiger partial charge in [0.1, 0.15) is 11.5 Å². The molecule has 1 aromatic carbocycles. The van der Waals surface area contributed by atoms with Gasteiger partial charge in [0, 0.05) is 11.6 Å². The van der Waals surface area contributed by atoms with Gasteiger partial charge in [-0.1, -0.05) is 27.7 Å². The summed E-state index contributed by atoms with van der Waals surface area (Å²) in [4.78, 5) is 0. The van der Waals surface area contributed by atoms with Crippen LogP contribution in [0.4, 0.5) is 0 Å². The van der Waals surface area contributed by atoms with Crippen LogP contribution in [0.3, 0.4) is 0 Å². The molecule has 0 fully saturated rings. The molecular weight excluding hydrogens is 250 g/mol. The Balaban J connectivity index is 2.99. The van der Waals surface area contributed by atoms with E-state index in [9.17, 15) is 0 Å². The van der Waals surface area contributed by atoms with Crippen LogP contribution in [0, 0.1) is 5.41 Å². The highest BCUT2D eigenvalue weighted by molar-refractivity contribution is 5.42. The summed E-state index contributed by atoms with van der Waals surface area (Å²) in [6.45, 7) is 9.91. The van der Waals surface area contributed by atoms with Gasteiger partial charge < -0.3 is 14.8 Å². The highest BCUT2D eigenvalue weighted by Crippen LogP contribution is 2.34. The van der Waals surface area contributed by atoms with Gasteiger partial charge in [0.2, 0.25) is 0 Å². The molecule has 20 heavy (non-hydrogen) atoms. The molecule has 1 atom stereocenters. The minimum Gasteiger partial charge on any atom is -0.497 e. The molecule has 0 bridgehead atoms. The van der Waals surface area contributed by atoms with E-state index >= 15 is 0 Å². The lowest BCUT2D eigenvalue weighted by Gasteiger charge is -2.25. The molecule has 0 amide bonds. The normalized spacial score (nSPS) is 13.1. The Labute approximate surface area is 123 Å².